The molecule has 1 rings (SSSR count). The Kier molecular flexibility index (Phi) is 6.05. The molecule has 0 aliphatic heterocycles. The second-order valence-electron chi connectivity index (χ2n) is 4.22. The van der Waals surface area contributed by atoms with Crippen molar-refractivity contribution in [3.05, 3.63) is 35.4 Å². The minimum atomic E-state index is -0.896. The molecular formula is C14H18F2O3. The molecule has 0 amide bonds. The summed E-state index contributed by atoms with van der Waals surface area (Å²) in [5, 5.41) is 0. The predicted octanol–water partition coefficient (Wildman–Crippen LogP) is 3.33. The van der Waals surface area contributed by atoms with E-state index in [9.17, 15) is 13.6 Å². The molecule has 0 heterocycles. The Morgan fingerprint density at radius 3 is 2.63 bits per heavy atom. The number of carbonyl (C=O) groups excluding carboxylic acids is 1. The van der Waals surface area contributed by atoms with Crippen LogP contribution in [0.1, 0.15) is 37.0 Å². The molecule has 0 aliphatic carbocycles. The second kappa shape index (κ2) is 7.31. The molecule has 5 heteroatoms. The third-order valence-corrected chi connectivity index (χ3v) is 2.71. The number of carbonyl (C=O) groups is 1. The Hall–Kier alpha value is -1.33. The molecule has 19 heavy (non-hydrogen) atoms. The van der Waals surface area contributed by atoms with Crippen molar-refractivity contribution in [2.24, 2.45) is 0 Å². The SMILES string of the molecule is CCCC(OC)OC(C)C(=O)c1cc(F)ccc1F. The van der Waals surface area contributed by atoms with E-state index in [-0.39, 0.29) is 5.56 Å². The van der Waals surface area contributed by atoms with Gasteiger partial charge < -0.3 is 9.47 Å². The van der Waals surface area contributed by atoms with Crippen LogP contribution >= 0.6 is 0 Å². The topological polar surface area (TPSA) is 35.5 Å². The number of hydrogen-bond acceptors (Lipinski definition) is 3. The molecule has 106 valence electrons. The third kappa shape index (κ3) is 4.36. The van der Waals surface area contributed by atoms with Gasteiger partial charge in [0.2, 0.25) is 0 Å². The number of benzene rings is 1. The summed E-state index contributed by atoms with van der Waals surface area (Å²) in [5.41, 5.74) is -0.307. The van der Waals surface area contributed by atoms with Crippen LogP contribution < -0.4 is 0 Å². The average Bonchev–Trinajstić information content (AvgIpc) is 2.40. The maximum Gasteiger partial charge on any atom is 0.194 e. The largest absolute Gasteiger partial charge is 0.356 e. The maximum atomic E-state index is 13.5. The number of methoxy groups -OCH3 is 1. The minimum Gasteiger partial charge on any atom is -0.356 e. The molecule has 0 bridgehead atoms. The van der Waals surface area contributed by atoms with Crippen LogP contribution in [-0.4, -0.2) is 25.3 Å². The van der Waals surface area contributed by atoms with E-state index < -0.39 is 29.8 Å². The highest BCUT2D eigenvalue weighted by Gasteiger charge is 2.23. The number of hydrogen-bond donors (Lipinski definition) is 0. The highest BCUT2D eigenvalue weighted by molar-refractivity contribution is 5.99. The standard InChI is InChI=1S/C14H18F2O3/c1-4-5-13(18-3)19-9(2)14(17)11-8-10(15)6-7-12(11)16/h6-9,13H,4-5H2,1-3H3. The zero-order valence-electron chi connectivity index (χ0n) is 11.3. The number of Topliss-reactive ketones (excluding diaryl/α,β-unsaturated/α-hetero) is 1. The lowest BCUT2D eigenvalue weighted by molar-refractivity contribution is -0.143. The van der Waals surface area contributed by atoms with Gasteiger partial charge in [-0.25, -0.2) is 8.78 Å². The van der Waals surface area contributed by atoms with Gasteiger partial charge in [-0.2, -0.15) is 0 Å². The molecule has 0 aromatic heterocycles. The first kappa shape index (κ1) is 15.7. The van der Waals surface area contributed by atoms with Gasteiger partial charge in [-0.1, -0.05) is 13.3 Å². The van der Waals surface area contributed by atoms with E-state index in [1.54, 1.807) is 0 Å². The third-order valence-electron chi connectivity index (χ3n) is 2.71. The molecule has 0 fully saturated rings. The molecule has 0 saturated carbocycles. The van der Waals surface area contributed by atoms with E-state index in [1.807, 2.05) is 6.92 Å². The number of rotatable bonds is 7. The van der Waals surface area contributed by atoms with Gasteiger partial charge in [0.25, 0.3) is 0 Å². The Morgan fingerprint density at radius 1 is 1.37 bits per heavy atom. The van der Waals surface area contributed by atoms with Gasteiger partial charge >= 0.3 is 0 Å². The molecule has 0 radical (unpaired) electrons. The van der Waals surface area contributed by atoms with Crippen LogP contribution in [0, 0.1) is 11.6 Å². The van der Waals surface area contributed by atoms with E-state index in [0.29, 0.717) is 6.42 Å². The van der Waals surface area contributed by atoms with Crippen molar-refractivity contribution in [2.45, 2.75) is 39.1 Å². The fourth-order valence-corrected chi connectivity index (χ4v) is 1.67. The lowest BCUT2D eigenvalue weighted by Crippen LogP contribution is -2.28. The molecule has 3 nitrogen and oxygen atoms in total. The van der Waals surface area contributed by atoms with Crippen molar-refractivity contribution in [3.8, 4) is 0 Å². The van der Waals surface area contributed by atoms with Crippen LogP contribution in [0.15, 0.2) is 18.2 Å². The first-order chi connectivity index (χ1) is 8.99. The van der Waals surface area contributed by atoms with Crippen LogP contribution in [0.3, 0.4) is 0 Å². The van der Waals surface area contributed by atoms with Crippen molar-refractivity contribution in [3.63, 3.8) is 0 Å². The van der Waals surface area contributed by atoms with Crippen molar-refractivity contribution in [1.82, 2.24) is 0 Å². The summed E-state index contributed by atoms with van der Waals surface area (Å²) in [6.07, 6.45) is 0.0291. The van der Waals surface area contributed by atoms with E-state index in [4.69, 9.17) is 9.47 Å². The van der Waals surface area contributed by atoms with Crippen LogP contribution in [0.25, 0.3) is 0 Å². The molecule has 0 aliphatic rings. The van der Waals surface area contributed by atoms with Gasteiger partial charge in [-0.15, -0.1) is 0 Å². The van der Waals surface area contributed by atoms with Crippen molar-refractivity contribution < 1.29 is 23.0 Å². The Balaban J connectivity index is 2.78. The molecule has 2 atom stereocenters. The normalized spacial score (nSPS) is 14.2. The van der Waals surface area contributed by atoms with Crippen LogP contribution in [-0.2, 0) is 9.47 Å². The van der Waals surface area contributed by atoms with Crippen molar-refractivity contribution >= 4 is 5.78 Å². The summed E-state index contributed by atoms with van der Waals surface area (Å²) in [6.45, 7) is 3.45. The molecule has 0 saturated heterocycles. The zero-order valence-corrected chi connectivity index (χ0v) is 11.3. The van der Waals surface area contributed by atoms with Crippen LogP contribution in [0.4, 0.5) is 8.78 Å². The van der Waals surface area contributed by atoms with Crippen LogP contribution in [0.5, 0.6) is 0 Å². The summed E-state index contributed by atoms with van der Waals surface area (Å²) in [6, 6.07) is 2.76. The summed E-state index contributed by atoms with van der Waals surface area (Å²) in [5.74, 6) is -2.02. The summed E-state index contributed by atoms with van der Waals surface area (Å²) >= 11 is 0. The number of halogens is 2. The Bertz CT molecular complexity index is 435. The average molecular weight is 272 g/mol. The molecule has 2 unspecified atom stereocenters. The molecule has 0 N–H and O–H groups in total. The first-order valence-corrected chi connectivity index (χ1v) is 6.17. The highest BCUT2D eigenvalue weighted by atomic mass is 19.1. The molecule has 1 aromatic rings. The van der Waals surface area contributed by atoms with E-state index in [2.05, 4.69) is 0 Å². The highest BCUT2D eigenvalue weighted by Crippen LogP contribution is 2.15. The van der Waals surface area contributed by atoms with Gasteiger partial charge in [0.05, 0.1) is 5.56 Å². The summed E-state index contributed by atoms with van der Waals surface area (Å²) in [7, 11) is 1.47. The van der Waals surface area contributed by atoms with Gasteiger partial charge in [-0.3, -0.25) is 4.79 Å². The lowest BCUT2D eigenvalue weighted by Gasteiger charge is -2.20. The Morgan fingerprint density at radius 2 is 2.05 bits per heavy atom. The lowest BCUT2D eigenvalue weighted by atomic mass is 10.1. The predicted molar refractivity (Wildman–Crippen MR) is 66.9 cm³/mol. The molecular weight excluding hydrogens is 254 g/mol. The second-order valence-corrected chi connectivity index (χ2v) is 4.22. The number of ether oxygens (including phenoxy) is 2. The van der Waals surface area contributed by atoms with Gasteiger partial charge in [0.15, 0.2) is 12.1 Å². The summed E-state index contributed by atoms with van der Waals surface area (Å²) < 4.78 is 37.0. The first-order valence-electron chi connectivity index (χ1n) is 6.17. The van der Waals surface area contributed by atoms with E-state index >= 15 is 0 Å². The van der Waals surface area contributed by atoms with Crippen molar-refractivity contribution in [2.75, 3.05) is 7.11 Å². The van der Waals surface area contributed by atoms with E-state index in [0.717, 1.165) is 24.6 Å². The fourth-order valence-electron chi connectivity index (χ4n) is 1.67. The van der Waals surface area contributed by atoms with Crippen molar-refractivity contribution in [1.29, 1.82) is 0 Å². The van der Waals surface area contributed by atoms with Gasteiger partial charge in [0.1, 0.15) is 17.7 Å². The van der Waals surface area contributed by atoms with E-state index in [1.165, 1.54) is 14.0 Å². The quantitative estimate of drug-likeness (QED) is 0.564. The maximum absolute atomic E-state index is 13.5. The molecule has 0 spiro atoms. The van der Waals surface area contributed by atoms with Gasteiger partial charge in [-0.05, 0) is 31.5 Å². The summed E-state index contributed by atoms with van der Waals surface area (Å²) in [4.78, 5) is 12.0. The number of ketones is 1. The van der Waals surface area contributed by atoms with Gasteiger partial charge in [0, 0.05) is 7.11 Å². The fraction of sp³-hybridized carbons (Fsp3) is 0.500. The Labute approximate surface area is 111 Å². The van der Waals surface area contributed by atoms with Crippen LogP contribution in [0.2, 0.25) is 0 Å². The smallest absolute Gasteiger partial charge is 0.194 e. The molecule has 1 aromatic carbocycles. The minimum absolute atomic E-state index is 0.307. The zero-order chi connectivity index (χ0) is 14.4. The monoisotopic (exact) mass is 272 g/mol.